The van der Waals surface area contributed by atoms with Crippen molar-refractivity contribution in [2.24, 2.45) is 5.73 Å². The van der Waals surface area contributed by atoms with E-state index in [0.29, 0.717) is 18.8 Å². The van der Waals surface area contributed by atoms with E-state index in [1.165, 1.54) is 35.1 Å². The maximum absolute atomic E-state index is 12.6. The first kappa shape index (κ1) is 21.7. The molecule has 0 saturated carbocycles. The average molecular weight is 446 g/mol. The first-order chi connectivity index (χ1) is 15.7. The van der Waals surface area contributed by atoms with Gasteiger partial charge in [-0.1, -0.05) is 23.8 Å². The molecule has 6 heteroatoms. The molecule has 33 heavy (non-hydrogen) atoms. The van der Waals surface area contributed by atoms with Gasteiger partial charge in [0.1, 0.15) is 11.3 Å². The zero-order chi connectivity index (χ0) is 23.3. The number of hydrogen-bond acceptors (Lipinski definition) is 4. The number of aromatic nitrogens is 1. The number of ether oxygens (including phenoxy) is 1. The van der Waals surface area contributed by atoms with Gasteiger partial charge in [-0.2, -0.15) is 0 Å². The van der Waals surface area contributed by atoms with Crippen molar-refractivity contribution in [2.45, 2.75) is 71.4 Å². The summed E-state index contributed by atoms with van der Waals surface area (Å²) in [6.07, 6.45) is 7.59. The number of hydrogen-bond donors (Lipinski definition) is 1. The van der Waals surface area contributed by atoms with Crippen LogP contribution >= 0.6 is 0 Å². The van der Waals surface area contributed by atoms with Crippen LogP contribution in [-0.2, 0) is 24.1 Å². The fourth-order valence-corrected chi connectivity index (χ4v) is 5.51. The molecule has 0 radical (unpaired) electrons. The summed E-state index contributed by atoms with van der Waals surface area (Å²) in [5.41, 5.74) is 15.2. The lowest BCUT2D eigenvalue weighted by atomic mass is 9.85. The lowest BCUT2D eigenvalue weighted by Crippen LogP contribution is -2.40. The largest absolute Gasteiger partial charge is 0.444 e. The molecule has 0 bridgehead atoms. The maximum atomic E-state index is 12.6. The fraction of sp³-hybridized carbons (Fsp3) is 0.444. The van der Waals surface area contributed by atoms with Gasteiger partial charge in [0.05, 0.1) is 0 Å². The van der Waals surface area contributed by atoms with E-state index in [0.717, 1.165) is 47.9 Å². The van der Waals surface area contributed by atoms with Gasteiger partial charge in [0.2, 0.25) is 0 Å². The Bertz CT molecular complexity index is 1190. The predicted octanol–water partition coefficient (Wildman–Crippen LogP) is 5.02. The minimum atomic E-state index is -0.515. The van der Waals surface area contributed by atoms with Gasteiger partial charge in [-0.3, -0.25) is 9.78 Å². The number of allylic oxidation sites excluding steroid dienone is 2. The lowest BCUT2D eigenvalue weighted by Gasteiger charge is -2.32. The second kappa shape index (κ2) is 8.01. The second-order valence-corrected chi connectivity index (χ2v) is 10.3. The van der Waals surface area contributed by atoms with Gasteiger partial charge in [0, 0.05) is 24.8 Å². The average Bonchev–Trinajstić information content (AvgIpc) is 3.16. The molecular weight excluding hydrogens is 414 g/mol. The molecule has 172 valence electrons. The molecular formula is C27H31N3O3. The SMILES string of the molecule is CC(C)(C)OC(=O)N1CCc2c(cccc2-c2cnc(C(N)=O)c3c2C2=C(CCCC2)C3)C1. The summed E-state index contributed by atoms with van der Waals surface area (Å²) in [4.78, 5) is 31.1. The Morgan fingerprint density at radius 1 is 1.06 bits per heavy atom. The number of carbonyl (C=O) groups excluding carboxylic acids is 2. The summed E-state index contributed by atoms with van der Waals surface area (Å²) >= 11 is 0. The molecule has 2 aromatic rings. The molecule has 2 aliphatic carbocycles. The second-order valence-electron chi connectivity index (χ2n) is 10.3. The van der Waals surface area contributed by atoms with E-state index in [9.17, 15) is 9.59 Å². The van der Waals surface area contributed by atoms with E-state index in [1.807, 2.05) is 33.0 Å². The minimum Gasteiger partial charge on any atom is -0.444 e. The molecule has 1 aromatic carbocycles. The summed E-state index contributed by atoms with van der Waals surface area (Å²) in [5.74, 6) is -0.458. The zero-order valence-corrected chi connectivity index (χ0v) is 19.7. The summed E-state index contributed by atoms with van der Waals surface area (Å²) in [6.45, 7) is 6.80. The van der Waals surface area contributed by atoms with Crippen LogP contribution in [0.2, 0.25) is 0 Å². The minimum absolute atomic E-state index is 0.274. The van der Waals surface area contributed by atoms with Crippen molar-refractivity contribution >= 4 is 17.6 Å². The van der Waals surface area contributed by atoms with Crippen LogP contribution in [0, 0.1) is 0 Å². The number of nitrogens with two attached hydrogens (primary N) is 1. The van der Waals surface area contributed by atoms with Crippen molar-refractivity contribution in [1.82, 2.24) is 9.88 Å². The van der Waals surface area contributed by atoms with Gasteiger partial charge in [0.15, 0.2) is 0 Å². The van der Waals surface area contributed by atoms with Crippen molar-refractivity contribution in [2.75, 3.05) is 6.54 Å². The van der Waals surface area contributed by atoms with Gasteiger partial charge in [0.25, 0.3) is 5.91 Å². The Kier molecular flexibility index (Phi) is 5.26. The third-order valence-electron chi connectivity index (χ3n) is 6.89. The van der Waals surface area contributed by atoms with Gasteiger partial charge < -0.3 is 15.4 Å². The molecule has 2 amide bonds. The molecule has 1 aliphatic heterocycles. The van der Waals surface area contributed by atoms with E-state index in [1.54, 1.807) is 4.90 Å². The zero-order valence-electron chi connectivity index (χ0n) is 19.7. The van der Waals surface area contributed by atoms with Crippen LogP contribution < -0.4 is 5.73 Å². The van der Waals surface area contributed by atoms with Gasteiger partial charge in [-0.25, -0.2) is 4.79 Å². The van der Waals surface area contributed by atoms with Gasteiger partial charge in [-0.05, 0) is 92.7 Å². The van der Waals surface area contributed by atoms with Crippen LogP contribution in [-0.4, -0.2) is 34.0 Å². The summed E-state index contributed by atoms with van der Waals surface area (Å²) < 4.78 is 5.59. The molecule has 0 spiro atoms. The first-order valence-corrected chi connectivity index (χ1v) is 11.8. The van der Waals surface area contributed by atoms with Crippen LogP contribution in [0.15, 0.2) is 30.0 Å². The molecule has 1 aromatic heterocycles. The summed E-state index contributed by atoms with van der Waals surface area (Å²) in [7, 11) is 0. The van der Waals surface area contributed by atoms with Crippen molar-refractivity contribution < 1.29 is 14.3 Å². The number of pyridine rings is 1. The van der Waals surface area contributed by atoms with E-state index in [2.05, 4.69) is 17.1 Å². The van der Waals surface area contributed by atoms with Crippen LogP contribution in [0.1, 0.15) is 79.2 Å². The number of primary amides is 1. The van der Waals surface area contributed by atoms with Crippen LogP contribution in [0.25, 0.3) is 16.7 Å². The molecule has 2 heterocycles. The number of rotatable bonds is 2. The Hall–Kier alpha value is -3.15. The number of amides is 2. The highest BCUT2D eigenvalue weighted by atomic mass is 16.6. The summed E-state index contributed by atoms with van der Waals surface area (Å²) in [6, 6.07) is 6.28. The van der Waals surface area contributed by atoms with E-state index in [-0.39, 0.29) is 6.09 Å². The van der Waals surface area contributed by atoms with Crippen molar-refractivity contribution in [3.8, 4) is 11.1 Å². The third-order valence-corrected chi connectivity index (χ3v) is 6.89. The molecule has 2 N–H and O–H groups in total. The normalized spacial score (nSPS) is 17.4. The Balaban J connectivity index is 1.56. The molecule has 5 rings (SSSR count). The Labute approximate surface area is 194 Å². The monoisotopic (exact) mass is 445 g/mol. The fourth-order valence-electron chi connectivity index (χ4n) is 5.51. The quantitative estimate of drug-likeness (QED) is 0.703. The Morgan fingerprint density at radius 3 is 2.61 bits per heavy atom. The molecule has 3 aliphatic rings. The molecule has 0 fully saturated rings. The standard InChI is InChI=1S/C27H31N3O3/c1-27(2,3)33-26(32)30-12-11-18-17(15-30)8-6-10-20(18)22-14-29-24(25(28)31)21-13-16-7-4-5-9-19(16)23(21)22/h6,8,10,14H,4-5,7,9,11-13,15H2,1-3H3,(H2,28,31). The van der Waals surface area contributed by atoms with Crippen molar-refractivity contribution in [1.29, 1.82) is 0 Å². The smallest absolute Gasteiger partial charge is 0.410 e. The lowest BCUT2D eigenvalue weighted by molar-refractivity contribution is 0.0224. The van der Waals surface area contributed by atoms with Gasteiger partial charge >= 0.3 is 6.09 Å². The van der Waals surface area contributed by atoms with E-state index >= 15 is 0 Å². The topological polar surface area (TPSA) is 85.5 Å². The van der Waals surface area contributed by atoms with Crippen LogP contribution in [0.3, 0.4) is 0 Å². The number of benzene rings is 1. The number of nitrogens with zero attached hydrogens (tertiary/aromatic N) is 2. The van der Waals surface area contributed by atoms with Gasteiger partial charge in [-0.15, -0.1) is 0 Å². The third kappa shape index (κ3) is 3.92. The number of carbonyl (C=O) groups is 2. The van der Waals surface area contributed by atoms with E-state index in [4.69, 9.17) is 10.5 Å². The molecule has 6 nitrogen and oxygen atoms in total. The first-order valence-electron chi connectivity index (χ1n) is 11.8. The maximum Gasteiger partial charge on any atom is 0.410 e. The molecule has 0 unspecified atom stereocenters. The van der Waals surface area contributed by atoms with E-state index < -0.39 is 11.5 Å². The summed E-state index contributed by atoms with van der Waals surface area (Å²) in [5, 5.41) is 0. The predicted molar refractivity (Wildman–Crippen MR) is 128 cm³/mol. The highest BCUT2D eigenvalue weighted by Crippen LogP contribution is 2.47. The Morgan fingerprint density at radius 2 is 1.85 bits per heavy atom. The molecule has 0 atom stereocenters. The van der Waals surface area contributed by atoms with Crippen molar-refractivity contribution in [3.63, 3.8) is 0 Å². The van der Waals surface area contributed by atoms with Crippen LogP contribution in [0.4, 0.5) is 4.79 Å². The number of fused-ring (bicyclic) bond motifs is 3. The molecule has 0 saturated heterocycles. The van der Waals surface area contributed by atoms with Crippen LogP contribution in [0.5, 0.6) is 0 Å². The highest BCUT2D eigenvalue weighted by molar-refractivity contribution is 5.98. The van der Waals surface area contributed by atoms with Crippen molar-refractivity contribution in [3.05, 3.63) is 57.9 Å². The highest BCUT2D eigenvalue weighted by Gasteiger charge is 2.32.